The Hall–Kier alpha value is -2.69. The molecule has 22 heavy (non-hydrogen) atoms. The van der Waals surface area contributed by atoms with Gasteiger partial charge < -0.3 is 4.74 Å². The normalized spacial score (nSPS) is 10.7. The van der Waals surface area contributed by atoms with Crippen LogP contribution in [0.2, 0.25) is 0 Å². The average molecular weight is 297 g/mol. The quantitative estimate of drug-likeness (QED) is 0.681. The molecular weight excluding hydrogens is 278 g/mol. The highest BCUT2D eigenvalue weighted by atomic mass is 16.5. The second-order valence-corrected chi connectivity index (χ2v) is 5.02. The third kappa shape index (κ3) is 4.15. The first kappa shape index (κ1) is 15.7. The van der Waals surface area contributed by atoms with Gasteiger partial charge in [-0.15, -0.1) is 0 Å². The maximum Gasteiger partial charge on any atom is 0.277 e. The van der Waals surface area contributed by atoms with E-state index in [1.165, 1.54) is 0 Å². The van der Waals surface area contributed by atoms with Crippen molar-refractivity contribution in [3.8, 4) is 5.75 Å². The molecule has 0 fully saturated rings. The largest absolute Gasteiger partial charge is 0.483 e. The number of benzene rings is 1. The van der Waals surface area contributed by atoms with Gasteiger partial charge in [0.2, 0.25) is 0 Å². The molecule has 0 unspecified atom stereocenters. The minimum absolute atomic E-state index is 0.0706. The minimum atomic E-state index is -0.300. The van der Waals surface area contributed by atoms with Crippen LogP contribution < -0.4 is 10.2 Å². The number of ether oxygens (including phenoxy) is 1. The molecule has 0 radical (unpaired) electrons. The van der Waals surface area contributed by atoms with E-state index in [1.807, 2.05) is 32.9 Å². The Morgan fingerprint density at radius 2 is 1.86 bits per heavy atom. The fourth-order valence-corrected chi connectivity index (χ4v) is 1.95. The van der Waals surface area contributed by atoms with Crippen LogP contribution in [-0.2, 0) is 4.79 Å². The zero-order valence-electron chi connectivity index (χ0n) is 13.0. The monoisotopic (exact) mass is 297 g/mol. The van der Waals surface area contributed by atoms with E-state index >= 15 is 0 Å². The van der Waals surface area contributed by atoms with Crippen LogP contribution in [0.15, 0.2) is 41.8 Å². The number of nitrogens with zero attached hydrogens (tertiary/aromatic N) is 2. The molecule has 0 aliphatic heterocycles. The van der Waals surface area contributed by atoms with Crippen LogP contribution in [0.25, 0.3) is 0 Å². The molecule has 0 bridgehead atoms. The first-order valence-electron chi connectivity index (χ1n) is 6.99. The lowest BCUT2D eigenvalue weighted by Crippen LogP contribution is -2.25. The van der Waals surface area contributed by atoms with E-state index in [0.29, 0.717) is 0 Å². The fourth-order valence-electron chi connectivity index (χ4n) is 1.95. The number of carbonyl (C=O) groups excluding carboxylic acids is 1. The smallest absolute Gasteiger partial charge is 0.277 e. The van der Waals surface area contributed by atoms with E-state index in [-0.39, 0.29) is 12.5 Å². The Morgan fingerprint density at radius 3 is 2.59 bits per heavy atom. The molecule has 5 heteroatoms. The Balaban J connectivity index is 1.89. The van der Waals surface area contributed by atoms with Crippen molar-refractivity contribution in [1.82, 2.24) is 10.4 Å². The van der Waals surface area contributed by atoms with Crippen molar-refractivity contribution in [3.05, 3.63) is 58.9 Å². The summed E-state index contributed by atoms with van der Waals surface area (Å²) in [5.41, 5.74) is 6.50. The van der Waals surface area contributed by atoms with Crippen LogP contribution in [0, 0.1) is 20.8 Å². The first-order valence-corrected chi connectivity index (χ1v) is 6.99. The summed E-state index contributed by atoms with van der Waals surface area (Å²) in [7, 11) is 0. The second kappa shape index (κ2) is 7.36. The van der Waals surface area contributed by atoms with Crippen molar-refractivity contribution in [2.75, 3.05) is 6.61 Å². The Kier molecular flexibility index (Phi) is 5.25. The van der Waals surface area contributed by atoms with Gasteiger partial charge in [-0.2, -0.15) is 5.10 Å². The lowest BCUT2D eigenvalue weighted by Gasteiger charge is -2.13. The van der Waals surface area contributed by atoms with Crippen molar-refractivity contribution >= 4 is 12.1 Å². The first-order chi connectivity index (χ1) is 10.6. The van der Waals surface area contributed by atoms with E-state index in [2.05, 4.69) is 15.5 Å². The number of aromatic nitrogens is 1. The number of amides is 1. The molecule has 2 aromatic rings. The van der Waals surface area contributed by atoms with Gasteiger partial charge in [-0.05, 0) is 55.2 Å². The van der Waals surface area contributed by atoms with Crippen molar-refractivity contribution < 1.29 is 9.53 Å². The minimum Gasteiger partial charge on any atom is -0.483 e. The number of carbonyl (C=O) groups is 1. The van der Waals surface area contributed by atoms with Crippen LogP contribution in [0.3, 0.4) is 0 Å². The Labute approximate surface area is 130 Å². The van der Waals surface area contributed by atoms with Crippen LogP contribution in [0.4, 0.5) is 0 Å². The fraction of sp³-hybridized carbons (Fsp3) is 0.235. The summed E-state index contributed by atoms with van der Waals surface area (Å²) in [5, 5.41) is 3.88. The van der Waals surface area contributed by atoms with Gasteiger partial charge in [0, 0.05) is 12.4 Å². The Morgan fingerprint density at radius 1 is 1.18 bits per heavy atom. The summed E-state index contributed by atoms with van der Waals surface area (Å²) >= 11 is 0. The standard InChI is InChI=1S/C17H19N3O2/c1-12-4-5-13(2)17(14(12)3)22-11-16(21)20-19-10-15-6-8-18-9-7-15/h4-10H,11H2,1-3H3,(H,20,21)/b19-10-. The molecule has 0 spiro atoms. The topological polar surface area (TPSA) is 63.6 Å². The van der Waals surface area contributed by atoms with Crippen molar-refractivity contribution in [2.45, 2.75) is 20.8 Å². The summed E-state index contributed by atoms with van der Waals surface area (Å²) in [6.07, 6.45) is 4.88. The molecular formula is C17H19N3O2. The molecule has 0 atom stereocenters. The van der Waals surface area contributed by atoms with Gasteiger partial charge in [-0.3, -0.25) is 9.78 Å². The van der Waals surface area contributed by atoms with Gasteiger partial charge in [0.15, 0.2) is 6.61 Å². The predicted molar refractivity (Wildman–Crippen MR) is 86.1 cm³/mol. The number of hydrazone groups is 1. The number of aryl methyl sites for hydroxylation is 2. The molecule has 1 heterocycles. The summed E-state index contributed by atoms with van der Waals surface area (Å²) in [6, 6.07) is 7.62. The van der Waals surface area contributed by atoms with E-state index < -0.39 is 0 Å². The predicted octanol–water partition coefficient (Wildman–Crippen LogP) is 2.54. The average Bonchev–Trinajstić information content (AvgIpc) is 2.52. The molecule has 2 rings (SSSR count). The zero-order valence-corrected chi connectivity index (χ0v) is 13.0. The van der Waals surface area contributed by atoms with E-state index in [0.717, 1.165) is 28.0 Å². The van der Waals surface area contributed by atoms with Gasteiger partial charge in [0.25, 0.3) is 5.91 Å². The summed E-state index contributed by atoms with van der Waals surface area (Å²) < 4.78 is 5.62. The number of nitrogens with one attached hydrogen (secondary N) is 1. The molecule has 0 saturated heterocycles. The lowest BCUT2D eigenvalue weighted by atomic mass is 10.1. The number of pyridine rings is 1. The van der Waals surface area contributed by atoms with Crippen molar-refractivity contribution in [3.63, 3.8) is 0 Å². The maximum absolute atomic E-state index is 11.8. The van der Waals surface area contributed by atoms with Gasteiger partial charge in [-0.1, -0.05) is 12.1 Å². The molecule has 1 amide bonds. The van der Waals surface area contributed by atoms with Crippen LogP contribution in [-0.4, -0.2) is 23.7 Å². The molecule has 114 valence electrons. The third-order valence-electron chi connectivity index (χ3n) is 3.33. The summed E-state index contributed by atoms with van der Waals surface area (Å²) in [6.45, 7) is 5.89. The summed E-state index contributed by atoms with van der Waals surface area (Å²) in [4.78, 5) is 15.7. The van der Waals surface area contributed by atoms with Gasteiger partial charge >= 0.3 is 0 Å². The Bertz CT molecular complexity index is 682. The van der Waals surface area contributed by atoms with Crippen LogP contribution in [0.5, 0.6) is 5.75 Å². The summed E-state index contributed by atoms with van der Waals surface area (Å²) in [5.74, 6) is 0.457. The molecule has 1 N–H and O–H groups in total. The number of hydrogen-bond donors (Lipinski definition) is 1. The molecule has 0 aliphatic rings. The highest BCUT2D eigenvalue weighted by Crippen LogP contribution is 2.25. The van der Waals surface area contributed by atoms with E-state index in [1.54, 1.807) is 30.7 Å². The maximum atomic E-state index is 11.8. The third-order valence-corrected chi connectivity index (χ3v) is 3.33. The van der Waals surface area contributed by atoms with Gasteiger partial charge in [0.05, 0.1) is 6.21 Å². The molecule has 0 saturated carbocycles. The highest BCUT2D eigenvalue weighted by Gasteiger charge is 2.08. The number of rotatable bonds is 5. The van der Waals surface area contributed by atoms with Crippen molar-refractivity contribution in [2.24, 2.45) is 5.10 Å². The molecule has 1 aromatic heterocycles. The van der Waals surface area contributed by atoms with Crippen molar-refractivity contribution in [1.29, 1.82) is 0 Å². The highest BCUT2D eigenvalue weighted by molar-refractivity contribution is 5.82. The molecule has 1 aromatic carbocycles. The van der Waals surface area contributed by atoms with E-state index in [4.69, 9.17) is 4.74 Å². The number of hydrogen-bond acceptors (Lipinski definition) is 4. The molecule has 5 nitrogen and oxygen atoms in total. The van der Waals surface area contributed by atoms with Gasteiger partial charge in [-0.25, -0.2) is 5.43 Å². The van der Waals surface area contributed by atoms with E-state index in [9.17, 15) is 4.79 Å². The SMILES string of the molecule is Cc1ccc(C)c(OCC(=O)N/N=C\c2ccncc2)c1C. The zero-order chi connectivity index (χ0) is 15.9. The molecule has 0 aliphatic carbocycles. The van der Waals surface area contributed by atoms with Gasteiger partial charge in [0.1, 0.15) is 5.75 Å². The lowest BCUT2D eigenvalue weighted by molar-refractivity contribution is -0.123. The van der Waals surface area contributed by atoms with Crippen LogP contribution in [0.1, 0.15) is 22.3 Å². The van der Waals surface area contributed by atoms with Crippen LogP contribution >= 0.6 is 0 Å². The second-order valence-electron chi connectivity index (χ2n) is 5.02.